The van der Waals surface area contributed by atoms with Gasteiger partial charge in [-0.25, -0.2) is 0 Å². The van der Waals surface area contributed by atoms with Crippen LogP contribution in [0.3, 0.4) is 0 Å². The Labute approximate surface area is 175 Å². The lowest BCUT2D eigenvalue weighted by Crippen LogP contribution is -2.45. The summed E-state index contributed by atoms with van der Waals surface area (Å²) in [4.78, 5) is 32.7. The van der Waals surface area contributed by atoms with Gasteiger partial charge in [-0.05, 0) is 36.6 Å². The molecule has 0 spiro atoms. The fourth-order valence-electron chi connectivity index (χ4n) is 4.25. The van der Waals surface area contributed by atoms with Crippen molar-refractivity contribution in [1.82, 2.24) is 19.4 Å². The molecule has 158 valence electrons. The smallest absolute Gasteiger partial charge is 0.274 e. The first kappa shape index (κ1) is 20.2. The van der Waals surface area contributed by atoms with Crippen LogP contribution in [0.2, 0.25) is 0 Å². The molecule has 1 aromatic carbocycles. The maximum atomic E-state index is 13.2. The van der Waals surface area contributed by atoms with Gasteiger partial charge in [-0.15, -0.1) is 0 Å². The van der Waals surface area contributed by atoms with Crippen LogP contribution in [0.4, 0.5) is 0 Å². The first-order chi connectivity index (χ1) is 14.5. The Morgan fingerprint density at radius 2 is 1.90 bits per heavy atom. The number of H-pyrrole nitrogens is 1. The highest BCUT2D eigenvalue weighted by Crippen LogP contribution is 2.22. The van der Waals surface area contributed by atoms with Gasteiger partial charge in [-0.1, -0.05) is 12.1 Å². The number of hydrogen-bond donors (Lipinski definition) is 1. The van der Waals surface area contributed by atoms with E-state index in [2.05, 4.69) is 22.0 Å². The summed E-state index contributed by atoms with van der Waals surface area (Å²) in [6.45, 7) is 2.79. The van der Waals surface area contributed by atoms with Gasteiger partial charge in [0.15, 0.2) is 0 Å². The quantitative estimate of drug-likeness (QED) is 0.705. The molecular formula is C23H28N4O3. The number of piperidine rings is 1. The van der Waals surface area contributed by atoms with Crippen LogP contribution in [0.15, 0.2) is 47.5 Å². The number of nitrogens with zero attached hydrogens (tertiary/aromatic N) is 3. The molecule has 0 unspecified atom stereocenters. The molecule has 1 fully saturated rings. The third-order valence-electron chi connectivity index (χ3n) is 6.11. The van der Waals surface area contributed by atoms with Crippen molar-refractivity contribution in [3.63, 3.8) is 0 Å². The maximum absolute atomic E-state index is 13.2. The van der Waals surface area contributed by atoms with E-state index in [9.17, 15) is 9.59 Å². The van der Waals surface area contributed by atoms with Crippen LogP contribution in [-0.2, 0) is 13.6 Å². The van der Waals surface area contributed by atoms with Gasteiger partial charge in [0.05, 0.1) is 12.7 Å². The molecule has 4 rings (SSSR count). The van der Waals surface area contributed by atoms with Crippen molar-refractivity contribution in [2.45, 2.75) is 25.4 Å². The van der Waals surface area contributed by atoms with Crippen molar-refractivity contribution >= 4 is 16.8 Å². The van der Waals surface area contributed by atoms with Crippen LogP contribution < -0.4 is 10.3 Å². The number of pyridine rings is 1. The number of hydrogen-bond acceptors (Lipinski definition) is 4. The number of benzene rings is 1. The third kappa shape index (κ3) is 3.85. The largest absolute Gasteiger partial charge is 0.497 e. The molecule has 1 aliphatic rings. The van der Waals surface area contributed by atoms with Gasteiger partial charge < -0.3 is 19.2 Å². The first-order valence-corrected chi connectivity index (χ1v) is 10.3. The Morgan fingerprint density at radius 3 is 2.57 bits per heavy atom. The van der Waals surface area contributed by atoms with Crippen molar-refractivity contribution < 1.29 is 9.53 Å². The number of fused-ring (bicyclic) bond motifs is 1. The van der Waals surface area contributed by atoms with Gasteiger partial charge in [-0.3, -0.25) is 14.5 Å². The van der Waals surface area contributed by atoms with Crippen molar-refractivity contribution in [2.75, 3.05) is 27.2 Å². The van der Waals surface area contributed by atoms with Crippen LogP contribution >= 0.6 is 0 Å². The zero-order valence-corrected chi connectivity index (χ0v) is 17.7. The number of aromatic nitrogens is 2. The summed E-state index contributed by atoms with van der Waals surface area (Å²) in [6, 6.07) is 10.2. The van der Waals surface area contributed by atoms with E-state index in [1.54, 1.807) is 32.6 Å². The van der Waals surface area contributed by atoms with E-state index in [0.717, 1.165) is 38.2 Å². The normalized spacial score (nSPS) is 15.4. The van der Waals surface area contributed by atoms with E-state index in [4.69, 9.17) is 4.74 Å². The fourth-order valence-corrected chi connectivity index (χ4v) is 4.25. The Kier molecular flexibility index (Phi) is 5.63. The standard InChI is InChI=1S/C23H28N4O3/c1-25-15-20(19-8-11-24-21(19)23(25)29)22(28)26(2)17-9-12-27(13-10-17)14-16-4-6-18(30-3)7-5-16/h4-8,11,15,17,24H,9-10,12-14H2,1-3H3. The number of amides is 1. The molecule has 1 N–H and O–H groups in total. The predicted octanol–water partition coefficient (Wildman–Crippen LogP) is 2.61. The second-order valence-electron chi connectivity index (χ2n) is 8.00. The minimum Gasteiger partial charge on any atom is -0.497 e. The molecule has 3 aromatic rings. The van der Waals surface area contributed by atoms with Gasteiger partial charge in [0.1, 0.15) is 11.3 Å². The van der Waals surface area contributed by atoms with Crippen molar-refractivity contribution in [1.29, 1.82) is 0 Å². The van der Waals surface area contributed by atoms with E-state index < -0.39 is 0 Å². The number of nitrogens with one attached hydrogen (secondary N) is 1. The zero-order chi connectivity index (χ0) is 21.3. The zero-order valence-electron chi connectivity index (χ0n) is 17.7. The molecule has 1 aliphatic heterocycles. The molecule has 2 aromatic heterocycles. The van der Waals surface area contributed by atoms with Crippen molar-refractivity contribution in [3.05, 3.63) is 64.2 Å². The van der Waals surface area contributed by atoms with Gasteiger partial charge >= 0.3 is 0 Å². The Hall–Kier alpha value is -3.06. The fraction of sp³-hybridized carbons (Fsp3) is 0.391. The molecule has 1 saturated heterocycles. The van der Waals surface area contributed by atoms with Crippen LogP contribution in [0.5, 0.6) is 5.75 Å². The number of aromatic amines is 1. The summed E-state index contributed by atoms with van der Waals surface area (Å²) in [5.41, 5.74) is 2.18. The molecule has 30 heavy (non-hydrogen) atoms. The highest BCUT2D eigenvalue weighted by molar-refractivity contribution is 6.05. The average molecular weight is 409 g/mol. The predicted molar refractivity (Wildman–Crippen MR) is 117 cm³/mol. The lowest BCUT2D eigenvalue weighted by molar-refractivity contribution is 0.0637. The average Bonchev–Trinajstić information content (AvgIpc) is 3.26. The van der Waals surface area contributed by atoms with Gasteiger partial charge in [0.2, 0.25) is 0 Å². The van der Waals surface area contributed by atoms with Gasteiger partial charge in [0.25, 0.3) is 11.5 Å². The van der Waals surface area contributed by atoms with Crippen LogP contribution in [0.25, 0.3) is 10.9 Å². The van der Waals surface area contributed by atoms with Crippen molar-refractivity contribution in [2.24, 2.45) is 7.05 Å². The SMILES string of the molecule is COc1ccc(CN2CCC(N(C)C(=O)c3cn(C)c(=O)c4[nH]ccc34)CC2)cc1. The van der Waals surface area contributed by atoms with Crippen LogP contribution in [0.1, 0.15) is 28.8 Å². The molecule has 1 amide bonds. The first-order valence-electron chi connectivity index (χ1n) is 10.3. The number of methoxy groups -OCH3 is 1. The summed E-state index contributed by atoms with van der Waals surface area (Å²) >= 11 is 0. The van der Waals surface area contributed by atoms with Crippen LogP contribution in [0, 0.1) is 0 Å². The Bertz CT molecular complexity index is 1090. The highest BCUT2D eigenvalue weighted by atomic mass is 16.5. The van der Waals surface area contributed by atoms with Gasteiger partial charge in [-0.2, -0.15) is 0 Å². The monoisotopic (exact) mass is 408 g/mol. The molecule has 0 bridgehead atoms. The summed E-state index contributed by atoms with van der Waals surface area (Å²) in [5, 5.41) is 0.687. The van der Waals surface area contributed by atoms with E-state index >= 15 is 0 Å². The van der Waals surface area contributed by atoms with E-state index in [1.807, 2.05) is 24.1 Å². The molecule has 7 nitrogen and oxygen atoms in total. The number of ether oxygens (including phenoxy) is 1. The van der Waals surface area contributed by atoms with Gasteiger partial charge in [0, 0.05) is 57.6 Å². The Balaban J connectivity index is 1.41. The summed E-state index contributed by atoms with van der Waals surface area (Å²) < 4.78 is 6.69. The number of carbonyl (C=O) groups excluding carboxylic acids is 1. The number of carbonyl (C=O) groups is 1. The number of likely N-dealkylation sites (tertiary alicyclic amines) is 1. The molecule has 0 aliphatic carbocycles. The van der Waals surface area contributed by atoms with Crippen molar-refractivity contribution in [3.8, 4) is 5.75 Å². The van der Waals surface area contributed by atoms with Crippen LogP contribution in [-0.4, -0.2) is 58.5 Å². The summed E-state index contributed by atoms with van der Waals surface area (Å²) in [7, 11) is 5.22. The molecule has 3 heterocycles. The third-order valence-corrected chi connectivity index (χ3v) is 6.11. The molecule has 0 atom stereocenters. The molecule has 0 saturated carbocycles. The summed E-state index contributed by atoms with van der Waals surface area (Å²) in [5.74, 6) is 0.830. The minimum absolute atomic E-state index is 0.0381. The summed E-state index contributed by atoms with van der Waals surface area (Å²) in [6.07, 6.45) is 5.22. The van der Waals surface area contributed by atoms with E-state index in [1.165, 1.54) is 10.1 Å². The molecule has 7 heteroatoms. The van der Waals surface area contributed by atoms with E-state index in [0.29, 0.717) is 16.5 Å². The second kappa shape index (κ2) is 8.36. The second-order valence-corrected chi connectivity index (χ2v) is 8.00. The highest BCUT2D eigenvalue weighted by Gasteiger charge is 2.27. The molecule has 0 radical (unpaired) electrons. The minimum atomic E-state index is -0.124. The number of aryl methyl sites for hydroxylation is 1. The van der Waals surface area contributed by atoms with E-state index in [-0.39, 0.29) is 17.5 Å². The molecular weight excluding hydrogens is 380 g/mol. The Morgan fingerprint density at radius 1 is 1.20 bits per heavy atom. The lowest BCUT2D eigenvalue weighted by Gasteiger charge is -2.37. The number of rotatable bonds is 5. The maximum Gasteiger partial charge on any atom is 0.274 e. The topological polar surface area (TPSA) is 70.6 Å². The lowest BCUT2D eigenvalue weighted by atomic mass is 10.0.